The summed E-state index contributed by atoms with van der Waals surface area (Å²) in [4.78, 5) is 19.6. The van der Waals surface area contributed by atoms with Gasteiger partial charge in [0, 0.05) is 31.7 Å². The number of aromatic nitrogens is 6. The molecule has 0 saturated heterocycles. The molecule has 0 aliphatic heterocycles. The molecule has 2 aliphatic carbocycles. The summed E-state index contributed by atoms with van der Waals surface area (Å²) >= 11 is 1.28. The van der Waals surface area contributed by atoms with Gasteiger partial charge in [0.15, 0.2) is 5.01 Å². The summed E-state index contributed by atoms with van der Waals surface area (Å²) < 4.78 is 43.3. The number of nitrogens with zero attached hydrogens (tertiary/aromatic N) is 7. The molecule has 0 radical (unpaired) electrons. The molecule has 3 heterocycles. The monoisotopic (exact) mass is 553 g/mol. The van der Waals surface area contributed by atoms with Crippen molar-refractivity contribution in [3.63, 3.8) is 0 Å². The first-order chi connectivity index (χ1) is 18.2. The highest BCUT2D eigenvalue weighted by molar-refractivity contribution is 7.89. The number of halogens is 1. The van der Waals surface area contributed by atoms with E-state index in [1.165, 1.54) is 45.8 Å². The van der Waals surface area contributed by atoms with Crippen molar-refractivity contribution < 1.29 is 17.6 Å². The van der Waals surface area contributed by atoms with E-state index in [0.29, 0.717) is 36.4 Å². The first kappa shape index (κ1) is 24.8. The number of allylic oxidation sites excluding steroid dienone is 1. The van der Waals surface area contributed by atoms with E-state index in [1.807, 2.05) is 6.08 Å². The van der Waals surface area contributed by atoms with Gasteiger partial charge in [0.2, 0.25) is 10.8 Å². The lowest BCUT2D eigenvalue weighted by atomic mass is 9.61. The van der Waals surface area contributed by atoms with Crippen molar-refractivity contribution in [2.45, 2.75) is 36.8 Å². The van der Waals surface area contributed by atoms with Crippen LogP contribution in [0.1, 0.15) is 40.3 Å². The molecule has 1 aromatic carbocycles. The topological polar surface area (TPSA) is 116 Å². The van der Waals surface area contributed by atoms with Crippen LogP contribution in [0.5, 0.6) is 0 Å². The molecule has 6 rings (SSSR count). The number of Topliss-reactive ketones (excluding diaryl/α,β-unsaturated/α-hetero) is 1. The van der Waals surface area contributed by atoms with E-state index in [-0.39, 0.29) is 16.6 Å². The van der Waals surface area contributed by atoms with Crippen LogP contribution >= 0.6 is 11.3 Å². The van der Waals surface area contributed by atoms with Gasteiger partial charge < -0.3 is 0 Å². The second-order valence-corrected chi connectivity index (χ2v) is 12.5. The quantitative estimate of drug-likeness (QED) is 0.337. The lowest BCUT2D eigenvalue weighted by Gasteiger charge is -2.45. The maximum absolute atomic E-state index is 14.1. The summed E-state index contributed by atoms with van der Waals surface area (Å²) in [5.74, 6) is -0.450. The van der Waals surface area contributed by atoms with E-state index in [0.717, 1.165) is 16.8 Å². The Morgan fingerprint density at radius 1 is 1.21 bits per heavy atom. The molecule has 13 heteroatoms. The smallest absolute Gasteiger partial charge is 0.264 e. The molecule has 0 bridgehead atoms. The number of ketones is 1. The average Bonchev–Trinajstić information content (AvgIpc) is 3.68. The zero-order chi connectivity index (χ0) is 26.7. The normalized spacial score (nSPS) is 21.2. The van der Waals surface area contributed by atoms with Crippen molar-refractivity contribution in [1.29, 1.82) is 0 Å². The Labute approximate surface area is 222 Å². The maximum Gasteiger partial charge on any atom is 0.264 e. The molecular formula is C25H24FN7O3S2. The van der Waals surface area contributed by atoms with Gasteiger partial charge in [0.05, 0.1) is 29.2 Å². The van der Waals surface area contributed by atoms with Crippen LogP contribution in [0.25, 0.3) is 11.8 Å². The number of carbonyl (C=O) groups excluding carboxylic acids is 1. The molecule has 4 aromatic rings. The minimum absolute atomic E-state index is 0.117. The molecule has 38 heavy (non-hydrogen) atoms. The molecule has 1 saturated carbocycles. The third-order valence-corrected chi connectivity index (χ3v) is 10.0. The van der Waals surface area contributed by atoms with Crippen LogP contribution in [0.2, 0.25) is 0 Å². The summed E-state index contributed by atoms with van der Waals surface area (Å²) in [7, 11) is -0.817. The molecular weight excluding hydrogens is 529 g/mol. The second kappa shape index (κ2) is 9.03. The first-order valence-corrected chi connectivity index (χ1v) is 14.3. The van der Waals surface area contributed by atoms with E-state index in [4.69, 9.17) is 0 Å². The van der Waals surface area contributed by atoms with E-state index < -0.39 is 21.5 Å². The van der Waals surface area contributed by atoms with Crippen LogP contribution in [0, 0.1) is 11.2 Å². The summed E-state index contributed by atoms with van der Waals surface area (Å²) in [5.41, 5.74) is 2.38. The van der Waals surface area contributed by atoms with Gasteiger partial charge in [-0.25, -0.2) is 22.5 Å². The number of sulfonamides is 1. The van der Waals surface area contributed by atoms with Crippen LogP contribution in [0.3, 0.4) is 0 Å². The van der Waals surface area contributed by atoms with Gasteiger partial charge in [-0.2, -0.15) is 19.3 Å². The number of fused-ring (bicyclic) bond motifs is 2. The van der Waals surface area contributed by atoms with Crippen LogP contribution in [-0.2, 0) is 23.5 Å². The van der Waals surface area contributed by atoms with Gasteiger partial charge >= 0.3 is 0 Å². The maximum atomic E-state index is 14.1. The summed E-state index contributed by atoms with van der Waals surface area (Å²) in [6.07, 6.45) is 8.28. The van der Waals surface area contributed by atoms with Gasteiger partial charge in [-0.15, -0.1) is 16.4 Å². The molecule has 2 aliphatic rings. The van der Waals surface area contributed by atoms with Crippen molar-refractivity contribution >= 4 is 33.2 Å². The third-order valence-electron chi connectivity index (χ3n) is 7.50. The largest absolute Gasteiger partial charge is 0.290 e. The number of hydrogen-bond donors (Lipinski definition) is 0. The zero-order valence-corrected chi connectivity index (χ0v) is 22.3. The summed E-state index contributed by atoms with van der Waals surface area (Å²) in [6.45, 7) is 0. The van der Waals surface area contributed by atoms with Crippen molar-refractivity contribution in [2.24, 2.45) is 12.5 Å². The van der Waals surface area contributed by atoms with Crippen LogP contribution in [-0.4, -0.2) is 61.4 Å². The van der Waals surface area contributed by atoms with E-state index in [2.05, 4.69) is 20.3 Å². The molecule has 0 unspecified atom stereocenters. The number of hydrogen-bond acceptors (Lipinski definition) is 8. The van der Waals surface area contributed by atoms with Crippen LogP contribution in [0.4, 0.5) is 4.39 Å². The van der Waals surface area contributed by atoms with E-state index in [9.17, 15) is 17.6 Å². The van der Waals surface area contributed by atoms with Crippen molar-refractivity contribution in [3.8, 4) is 5.69 Å². The Bertz CT molecular complexity index is 1660. The van der Waals surface area contributed by atoms with Gasteiger partial charge in [-0.1, -0.05) is 5.57 Å². The Morgan fingerprint density at radius 3 is 2.68 bits per heavy atom. The Morgan fingerprint density at radius 2 is 2.00 bits per heavy atom. The molecule has 1 fully saturated rings. The van der Waals surface area contributed by atoms with E-state index >= 15 is 0 Å². The number of thiazole rings is 1. The summed E-state index contributed by atoms with van der Waals surface area (Å²) in [6, 6.07) is 5.65. The standard InChI is InChI=1S/C25H24FN7O3S2/c1-31(38(35,36)22-15-28-32(2)30-22)20-6-3-17-11-21-16(14-29-33(21)19-7-4-18(26)5-8-19)12-25(17,13-20)23(34)24-27-9-10-37-24/h4-5,7-11,14-15,20H,3,6,12-13H2,1-2H3/t20-,25-/m0/s1. The number of rotatable bonds is 6. The highest BCUT2D eigenvalue weighted by Gasteiger charge is 2.51. The first-order valence-electron chi connectivity index (χ1n) is 12.0. The number of benzene rings is 1. The van der Waals surface area contributed by atoms with Gasteiger partial charge in [-0.3, -0.25) is 4.79 Å². The Balaban J connectivity index is 1.40. The fourth-order valence-electron chi connectivity index (χ4n) is 5.51. The predicted octanol–water partition coefficient (Wildman–Crippen LogP) is 3.28. The lowest BCUT2D eigenvalue weighted by molar-refractivity contribution is 0.0752. The van der Waals surface area contributed by atoms with Crippen LogP contribution < -0.4 is 0 Å². The average molecular weight is 554 g/mol. The SMILES string of the molecule is CN([C@H]1CCC2=Cc3c(cnn3-c3ccc(F)cc3)C[C@]2(C(=O)c2nccs2)C1)S(=O)(=O)c1cnn(C)n1. The molecule has 3 aromatic heterocycles. The third kappa shape index (κ3) is 3.92. The number of carbonyl (C=O) groups is 1. The van der Waals surface area contributed by atoms with E-state index in [1.54, 1.807) is 41.6 Å². The van der Waals surface area contributed by atoms with Crippen LogP contribution in [0.15, 0.2) is 58.8 Å². The molecule has 0 spiro atoms. The molecule has 2 atom stereocenters. The van der Waals surface area contributed by atoms with Gasteiger partial charge in [0.1, 0.15) is 5.82 Å². The minimum atomic E-state index is -3.91. The molecule has 0 N–H and O–H groups in total. The second-order valence-electron chi connectivity index (χ2n) is 9.63. The number of aryl methyl sites for hydroxylation is 1. The van der Waals surface area contributed by atoms with Crippen molar-refractivity contribution in [3.05, 3.63) is 75.9 Å². The fourth-order valence-corrected chi connectivity index (χ4v) is 7.46. The molecule has 10 nitrogen and oxygen atoms in total. The van der Waals surface area contributed by atoms with Gasteiger partial charge in [-0.05, 0) is 61.6 Å². The Hall–Kier alpha value is -3.55. The van der Waals surface area contributed by atoms with Crippen molar-refractivity contribution in [2.75, 3.05) is 7.05 Å². The zero-order valence-electron chi connectivity index (χ0n) is 20.7. The summed E-state index contributed by atoms with van der Waals surface area (Å²) in [5, 5.41) is 14.5. The fraction of sp³-hybridized carbons (Fsp3) is 0.320. The predicted molar refractivity (Wildman–Crippen MR) is 138 cm³/mol. The van der Waals surface area contributed by atoms with Crippen molar-refractivity contribution in [1.82, 2.24) is 34.1 Å². The lowest BCUT2D eigenvalue weighted by Crippen LogP contribution is -2.49. The Kier molecular flexibility index (Phi) is 5.89. The molecule has 0 amide bonds. The van der Waals surface area contributed by atoms with Gasteiger partial charge in [0.25, 0.3) is 10.0 Å². The molecule has 196 valence electrons. The highest BCUT2D eigenvalue weighted by Crippen LogP contribution is 2.51. The minimum Gasteiger partial charge on any atom is -0.290 e. The highest BCUT2D eigenvalue weighted by atomic mass is 32.2.